The first-order chi connectivity index (χ1) is 10.3. The number of carbonyl (C=O) groups is 2. The second kappa shape index (κ2) is 6.08. The molecule has 120 valence electrons. The van der Waals surface area contributed by atoms with Gasteiger partial charge < -0.3 is 10.1 Å². The van der Waals surface area contributed by atoms with Gasteiger partial charge in [0.25, 0.3) is 0 Å². The van der Waals surface area contributed by atoms with E-state index in [0.717, 1.165) is 30.4 Å². The lowest BCUT2D eigenvalue weighted by Gasteiger charge is -2.45. The van der Waals surface area contributed by atoms with Crippen molar-refractivity contribution in [3.63, 3.8) is 0 Å². The Morgan fingerprint density at radius 2 is 1.86 bits per heavy atom. The molecule has 0 saturated heterocycles. The SMILES string of the molecule is COC(=O)c1cc(C)cc(C)c1NC(=O)C1(N(C)C)CCC1. The molecule has 5 heteroatoms. The molecule has 0 heterocycles. The number of benzene rings is 1. The predicted molar refractivity (Wildman–Crippen MR) is 86.2 cm³/mol. The van der Waals surface area contributed by atoms with Crippen molar-refractivity contribution in [1.82, 2.24) is 4.90 Å². The summed E-state index contributed by atoms with van der Waals surface area (Å²) < 4.78 is 4.84. The van der Waals surface area contributed by atoms with Crippen molar-refractivity contribution < 1.29 is 14.3 Å². The first kappa shape index (κ1) is 16.5. The van der Waals surface area contributed by atoms with E-state index < -0.39 is 11.5 Å². The summed E-state index contributed by atoms with van der Waals surface area (Å²) in [5.74, 6) is -0.490. The largest absolute Gasteiger partial charge is 0.465 e. The van der Waals surface area contributed by atoms with Crippen LogP contribution in [0.1, 0.15) is 40.7 Å². The molecule has 0 aliphatic heterocycles. The fourth-order valence-corrected chi connectivity index (χ4v) is 3.02. The Hall–Kier alpha value is -1.88. The van der Waals surface area contributed by atoms with Crippen LogP contribution in [0.15, 0.2) is 12.1 Å². The molecule has 0 radical (unpaired) electrons. The Bertz CT molecular complexity index is 604. The van der Waals surface area contributed by atoms with Crippen molar-refractivity contribution in [1.29, 1.82) is 0 Å². The average molecular weight is 304 g/mol. The van der Waals surface area contributed by atoms with Crippen LogP contribution in [0.4, 0.5) is 5.69 Å². The lowest BCUT2D eigenvalue weighted by Crippen LogP contribution is -2.58. The van der Waals surface area contributed by atoms with Crippen LogP contribution in [0.3, 0.4) is 0 Å². The second-order valence-electron chi connectivity index (χ2n) is 6.23. The van der Waals surface area contributed by atoms with Crippen LogP contribution >= 0.6 is 0 Å². The van der Waals surface area contributed by atoms with Crippen LogP contribution in [-0.4, -0.2) is 43.5 Å². The highest BCUT2D eigenvalue weighted by Gasteiger charge is 2.46. The maximum absolute atomic E-state index is 12.8. The quantitative estimate of drug-likeness (QED) is 0.868. The fraction of sp³-hybridized carbons (Fsp3) is 0.529. The molecule has 22 heavy (non-hydrogen) atoms. The fourth-order valence-electron chi connectivity index (χ4n) is 3.02. The lowest BCUT2D eigenvalue weighted by molar-refractivity contribution is -0.131. The third-order valence-corrected chi connectivity index (χ3v) is 4.58. The first-order valence-corrected chi connectivity index (χ1v) is 7.50. The van der Waals surface area contributed by atoms with Gasteiger partial charge in [0.05, 0.1) is 18.4 Å². The van der Waals surface area contributed by atoms with Crippen molar-refractivity contribution in [3.05, 3.63) is 28.8 Å². The minimum absolute atomic E-state index is 0.0548. The third kappa shape index (κ3) is 2.73. The topological polar surface area (TPSA) is 58.6 Å². The first-order valence-electron chi connectivity index (χ1n) is 7.50. The van der Waals surface area contributed by atoms with Crippen LogP contribution in [0.2, 0.25) is 0 Å². The average Bonchev–Trinajstić information content (AvgIpc) is 2.38. The number of ether oxygens (including phenoxy) is 1. The van der Waals surface area contributed by atoms with Gasteiger partial charge in [0, 0.05) is 0 Å². The molecule has 1 aliphatic rings. The molecule has 0 aromatic heterocycles. The van der Waals surface area contributed by atoms with E-state index in [9.17, 15) is 9.59 Å². The molecule has 0 atom stereocenters. The molecule has 5 nitrogen and oxygen atoms in total. The monoisotopic (exact) mass is 304 g/mol. The summed E-state index contributed by atoms with van der Waals surface area (Å²) >= 11 is 0. The summed E-state index contributed by atoms with van der Waals surface area (Å²) in [5, 5.41) is 2.96. The molecular formula is C17H24N2O3. The Morgan fingerprint density at radius 1 is 1.23 bits per heavy atom. The zero-order valence-electron chi connectivity index (χ0n) is 13.9. The molecule has 1 saturated carbocycles. The van der Waals surface area contributed by atoms with E-state index in [0.29, 0.717) is 11.3 Å². The van der Waals surface area contributed by atoms with Gasteiger partial charge in [-0.2, -0.15) is 0 Å². The predicted octanol–water partition coefficient (Wildman–Crippen LogP) is 2.51. The molecule has 0 unspecified atom stereocenters. The number of methoxy groups -OCH3 is 1. The van der Waals surface area contributed by atoms with Crippen LogP contribution in [0.25, 0.3) is 0 Å². The van der Waals surface area contributed by atoms with Gasteiger partial charge in [-0.1, -0.05) is 6.07 Å². The summed E-state index contributed by atoms with van der Waals surface area (Å²) in [6, 6.07) is 3.70. The molecule has 1 aliphatic carbocycles. The minimum atomic E-state index is -0.468. The number of amides is 1. The van der Waals surface area contributed by atoms with E-state index in [-0.39, 0.29) is 5.91 Å². The summed E-state index contributed by atoms with van der Waals surface area (Å²) in [6.07, 6.45) is 2.72. The van der Waals surface area contributed by atoms with Crippen LogP contribution in [0.5, 0.6) is 0 Å². The van der Waals surface area contributed by atoms with Crippen molar-refractivity contribution >= 4 is 17.6 Å². The number of likely N-dealkylation sites (N-methyl/N-ethyl adjacent to an activating group) is 1. The molecule has 0 spiro atoms. The molecule has 2 rings (SSSR count). The molecule has 1 aromatic rings. The van der Waals surface area contributed by atoms with Gasteiger partial charge in [0.1, 0.15) is 5.54 Å². The maximum Gasteiger partial charge on any atom is 0.339 e. The van der Waals surface area contributed by atoms with Gasteiger partial charge >= 0.3 is 5.97 Å². The number of esters is 1. The Balaban J connectivity index is 2.37. The van der Waals surface area contributed by atoms with Gasteiger partial charge in [0.15, 0.2) is 0 Å². The van der Waals surface area contributed by atoms with E-state index >= 15 is 0 Å². The van der Waals surface area contributed by atoms with Gasteiger partial charge in [-0.05, 0) is 64.4 Å². The van der Waals surface area contributed by atoms with Crippen LogP contribution in [0, 0.1) is 13.8 Å². The third-order valence-electron chi connectivity index (χ3n) is 4.58. The van der Waals surface area contributed by atoms with Gasteiger partial charge in [0.2, 0.25) is 5.91 Å². The number of nitrogens with zero attached hydrogens (tertiary/aromatic N) is 1. The molecule has 1 fully saturated rings. The number of aryl methyl sites for hydroxylation is 2. The van der Waals surface area contributed by atoms with E-state index in [1.165, 1.54) is 7.11 Å². The zero-order valence-corrected chi connectivity index (χ0v) is 13.9. The van der Waals surface area contributed by atoms with Crippen molar-refractivity contribution in [3.8, 4) is 0 Å². The van der Waals surface area contributed by atoms with Gasteiger partial charge in [-0.15, -0.1) is 0 Å². The number of rotatable bonds is 4. The van der Waals surface area contributed by atoms with Crippen molar-refractivity contribution in [2.75, 3.05) is 26.5 Å². The Labute approximate surface area is 131 Å². The zero-order chi connectivity index (χ0) is 16.5. The standard InChI is InChI=1S/C17H24N2O3/c1-11-9-12(2)14(13(10-11)15(20)22-5)18-16(21)17(19(3)4)7-6-8-17/h9-10H,6-8H2,1-5H3,(H,18,21). The maximum atomic E-state index is 12.8. The van der Waals surface area contributed by atoms with Crippen molar-refractivity contribution in [2.45, 2.75) is 38.6 Å². The van der Waals surface area contributed by atoms with E-state index in [2.05, 4.69) is 5.32 Å². The minimum Gasteiger partial charge on any atom is -0.465 e. The Kier molecular flexibility index (Phi) is 4.56. The number of hydrogen-bond acceptors (Lipinski definition) is 4. The highest BCUT2D eigenvalue weighted by Crippen LogP contribution is 2.38. The molecule has 1 N–H and O–H groups in total. The lowest BCUT2D eigenvalue weighted by atomic mass is 9.75. The smallest absolute Gasteiger partial charge is 0.339 e. The van der Waals surface area contributed by atoms with Crippen molar-refractivity contribution in [2.24, 2.45) is 0 Å². The highest BCUT2D eigenvalue weighted by molar-refractivity contribution is 6.05. The molecule has 0 bridgehead atoms. The number of hydrogen-bond donors (Lipinski definition) is 1. The van der Waals surface area contributed by atoms with E-state index in [1.54, 1.807) is 6.07 Å². The van der Waals surface area contributed by atoms with E-state index in [4.69, 9.17) is 4.74 Å². The molecule has 1 amide bonds. The number of carbonyl (C=O) groups excluding carboxylic acids is 2. The molecular weight excluding hydrogens is 280 g/mol. The normalized spacial score (nSPS) is 16.1. The van der Waals surface area contributed by atoms with Crippen LogP contribution < -0.4 is 5.32 Å². The number of nitrogens with one attached hydrogen (secondary N) is 1. The summed E-state index contributed by atoms with van der Waals surface area (Å²) in [6.45, 7) is 3.80. The summed E-state index contributed by atoms with van der Waals surface area (Å²) in [7, 11) is 5.18. The second-order valence-corrected chi connectivity index (χ2v) is 6.23. The van der Waals surface area contributed by atoms with Gasteiger partial charge in [-0.25, -0.2) is 4.79 Å². The highest BCUT2D eigenvalue weighted by atomic mass is 16.5. The van der Waals surface area contributed by atoms with Gasteiger partial charge in [-0.3, -0.25) is 9.69 Å². The molecule has 1 aromatic carbocycles. The number of anilines is 1. The summed E-state index contributed by atoms with van der Waals surface area (Å²) in [5.41, 5.74) is 2.31. The summed E-state index contributed by atoms with van der Waals surface area (Å²) in [4.78, 5) is 26.7. The van der Waals surface area contributed by atoms with Crippen LogP contribution in [-0.2, 0) is 9.53 Å². The Morgan fingerprint density at radius 3 is 2.32 bits per heavy atom. The van der Waals surface area contributed by atoms with E-state index in [1.807, 2.05) is 38.9 Å².